The van der Waals surface area contributed by atoms with Gasteiger partial charge in [-0.15, -0.1) is 0 Å². The van der Waals surface area contributed by atoms with Gasteiger partial charge in [-0.2, -0.15) is 0 Å². The Labute approximate surface area is 144 Å². The molecule has 1 amide bonds. The van der Waals surface area contributed by atoms with Crippen LogP contribution in [0.25, 0.3) is 0 Å². The highest BCUT2D eigenvalue weighted by Gasteiger charge is 2.25. The molecule has 24 heavy (non-hydrogen) atoms. The van der Waals surface area contributed by atoms with E-state index in [-0.39, 0.29) is 17.8 Å². The van der Waals surface area contributed by atoms with Crippen molar-refractivity contribution in [3.63, 3.8) is 0 Å². The van der Waals surface area contributed by atoms with E-state index in [2.05, 4.69) is 12.2 Å². The minimum Gasteiger partial charge on any atom is -0.369 e. The molecule has 0 aliphatic carbocycles. The number of halogens is 1. The molecule has 1 aromatic carbocycles. The Morgan fingerprint density at radius 1 is 1.50 bits per heavy atom. The van der Waals surface area contributed by atoms with E-state index in [0.717, 1.165) is 37.8 Å². The van der Waals surface area contributed by atoms with Crippen LogP contribution in [-0.4, -0.2) is 37.7 Å². The largest absolute Gasteiger partial charge is 0.369 e. The zero-order valence-electron chi connectivity index (χ0n) is 15.0. The van der Waals surface area contributed by atoms with E-state index in [1.54, 1.807) is 13.0 Å². The van der Waals surface area contributed by atoms with Gasteiger partial charge in [0.15, 0.2) is 0 Å². The fourth-order valence-electron chi connectivity index (χ4n) is 2.98. The van der Waals surface area contributed by atoms with Gasteiger partial charge >= 0.3 is 0 Å². The summed E-state index contributed by atoms with van der Waals surface area (Å²) in [6.45, 7) is 7.89. The molecule has 2 rings (SSSR count). The molecule has 0 radical (unpaired) electrons. The number of rotatable bonds is 7. The number of unbranched alkanes of at least 4 members (excludes halogenated alkanes) is 1. The predicted molar refractivity (Wildman–Crippen MR) is 94.8 cm³/mol. The molecular formula is C19H29FN2O2. The molecule has 1 saturated heterocycles. The van der Waals surface area contributed by atoms with Crippen LogP contribution in [0.15, 0.2) is 18.2 Å². The summed E-state index contributed by atoms with van der Waals surface area (Å²) in [5, 5.41) is 3.05. The van der Waals surface area contributed by atoms with Crippen LogP contribution in [0.5, 0.6) is 0 Å². The van der Waals surface area contributed by atoms with E-state index in [0.29, 0.717) is 18.8 Å². The zero-order chi connectivity index (χ0) is 17.5. The Morgan fingerprint density at radius 2 is 2.29 bits per heavy atom. The number of carbonyl (C=O) groups excluding carboxylic acids is 1. The SMILES string of the molecule is CCCCOC(C)C(=O)NC1CCCN(c2cc(C)ccc2F)C1. The summed E-state index contributed by atoms with van der Waals surface area (Å²) in [4.78, 5) is 14.3. The molecule has 5 heteroatoms. The maximum Gasteiger partial charge on any atom is 0.249 e. The van der Waals surface area contributed by atoms with E-state index in [4.69, 9.17) is 4.74 Å². The van der Waals surface area contributed by atoms with Crippen molar-refractivity contribution < 1.29 is 13.9 Å². The van der Waals surface area contributed by atoms with Crippen LogP contribution in [0.1, 0.15) is 45.1 Å². The first-order chi connectivity index (χ1) is 11.5. The van der Waals surface area contributed by atoms with Gasteiger partial charge in [0.25, 0.3) is 0 Å². The molecule has 4 nitrogen and oxygen atoms in total. The Morgan fingerprint density at radius 3 is 3.04 bits per heavy atom. The van der Waals surface area contributed by atoms with Gasteiger partial charge in [0, 0.05) is 25.7 Å². The van der Waals surface area contributed by atoms with Crippen molar-refractivity contribution in [2.45, 2.75) is 58.6 Å². The number of hydrogen-bond donors (Lipinski definition) is 1. The number of hydrogen-bond acceptors (Lipinski definition) is 3. The molecule has 0 aromatic heterocycles. The normalized spacial score (nSPS) is 19.2. The van der Waals surface area contributed by atoms with Gasteiger partial charge in [-0.1, -0.05) is 19.4 Å². The first kappa shape index (κ1) is 18.7. The third kappa shape index (κ3) is 5.20. The average Bonchev–Trinajstić information content (AvgIpc) is 2.57. The Kier molecular flexibility index (Phi) is 7.03. The topological polar surface area (TPSA) is 41.6 Å². The van der Waals surface area contributed by atoms with Crippen molar-refractivity contribution in [1.29, 1.82) is 0 Å². The summed E-state index contributed by atoms with van der Waals surface area (Å²) in [6.07, 6.45) is 3.42. The molecular weight excluding hydrogens is 307 g/mol. The van der Waals surface area contributed by atoms with Crippen LogP contribution < -0.4 is 10.2 Å². The lowest BCUT2D eigenvalue weighted by Gasteiger charge is -2.35. The molecule has 1 aromatic rings. The number of ether oxygens (including phenoxy) is 1. The third-order valence-corrected chi connectivity index (χ3v) is 4.45. The van der Waals surface area contributed by atoms with Crippen molar-refractivity contribution in [3.8, 4) is 0 Å². The summed E-state index contributed by atoms with van der Waals surface area (Å²) in [6, 6.07) is 5.19. The summed E-state index contributed by atoms with van der Waals surface area (Å²) < 4.78 is 19.6. The van der Waals surface area contributed by atoms with Crippen LogP contribution in [0.3, 0.4) is 0 Å². The third-order valence-electron chi connectivity index (χ3n) is 4.45. The lowest BCUT2D eigenvalue weighted by molar-refractivity contribution is -0.132. The Bertz CT molecular complexity index is 550. The highest BCUT2D eigenvalue weighted by molar-refractivity contribution is 5.80. The van der Waals surface area contributed by atoms with Crippen molar-refractivity contribution in [2.24, 2.45) is 0 Å². The van der Waals surface area contributed by atoms with Crippen LogP contribution in [0.2, 0.25) is 0 Å². The minimum absolute atomic E-state index is 0.0309. The fourth-order valence-corrected chi connectivity index (χ4v) is 2.98. The molecule has 1 fully saturated rings. The smallest absolute Gasteiger partial charge is 0.249 e. The second-order valence-electron chi connectivity index (χ2n) is 6.62. The summed E-state index contributed by atoms with van der Waals surface area (Å²) in [5.41, 5.74) is 1.66. The molecule has 2 atom stereocenters. The van der Waals surface area contributed by atoms with Gasteiger partial charge in [-0.25, -0.2) is 4.39 Å². The fraction of sp³-hybridized carbons (Fsp3) is 0.632. The number of piperidine rings is 1. The van der Waals surface area contributed by atoms with Gasteiger partial charge in [0.05, 0.1) is 5.69 Å². The Hall–Kier alpha value is -1.62. The Balaban J connectivity index is 1.91. The van der Waals surface area contributed by atoms with Crippen LogP contribution in [-0.2, 0) is 9.53 Å². The van der Waals surface area contributed by atoms with Crippen molar-refractivity contribution >= 4 is 11.6 Å². The molecule has 1 aliphatic rings. The molecule has 2 unspecified atom stereocenters. The summed E-state index contributed by atoms with van der Waals surface area (Å²) >= 11 is 0. The van der Waals surface area contributed by atoms with Gasteiger partial charge < -0.3 is 15.0 Å². The standard InChI is InChI=1S/C19H29FN2O2/c1-4-5-11-24-15(3)19(23)21-16-7-6-10-22(13-16)18-12-14(2)8-9-17(18)20/h8-9,12,15-16H,4-7,10-11,13H2,1-3H3,(H,21,23). The van der Waals surface area contributed by atoms with Gasteiger partial charge in [-0.05, 0) is 50.8 Å². The van der Waals surface area contributed by atoms with E-state index in [1.165, 1.54) is 6.07 Å². The molecule has 1 aliphatic heterocycles. The van der Waals surface area contributed by atoms with Crippen molar-refractivity contribution in [1.82, 2.24) is 5.32 Å². The highest BCUT2D eigenvalue weighted by atomic mass is 19.1. The first-order valence-corrected chi connectivity index (χ1v) is 8.94. The van der Waals surface area contributed by atoms with E-state index >= 15 is 0 Å². The maximum absolute atomic E-state index is 14.1. The van der Waals surface area contributed by atoms with Crippen molar-refractivity contribution in [2.75, 3.05) is 24.6 Å². The number of nitrogens with zero attached hydrogens (tertiary/aromatic N) is 1. The second kappa shape index (κ2) is 9.02. The molecule has 0 spiro atoms. The maximum atomic E-state index is 14.1. The van der Waals surface area contributed by atoms with Crippen LogP contribution in [0.4, 0.5) is 10.1 Å². The molecule has 134 valence electrons. The van der Waals surface area contributed by atoms with E-state index < -0.39 is 6.10 Å². The summed E-state index contributed by atoms with van der Waals surface area (Å²) in [7, 11) is 0. The number of aryl methyl sites for hydroxylation is 1. The van der Waals surface area contributed by atoms with Gasteiger partial charge in [-0.3, -0.25) is 4.79 Å². The number of nitrogens with one attached hydrogen (secondary N) is 1. The summed E-state index contributed by atoms with van der Waals surface area (Å²) in [5.74, 6) is -0.286. The van der Waals surface area contributed by atoms with Crippen LogP contribution >= 0.6 is 0 Å². The second-order valence-corrected chi connectivity index (χ2v) is 6.62. The quantitative estimate of drug-likeness (QED) is 0.776. The first-order valence-electron chi connectivity index (χ1n) is 8.94. The molecule has 0 bridgehead atoms. The van der Waals surface area contributed by atoms with Gasteiger partial charge in [0.1, 0.15) is 11.9 Å². The van der Waals surface area contributed by atoms with Gasteiger partial charge in [0.2, 0.25) is 5.91 Å². The van der Waals surface area contributed by atoms with Crippen LogP contribution in [0, 0.1) is 12.7 Å². The number of carbonyl (C=O) groups is 1. The minimum atomic E-state index is -0.442. The lowest BCUT2D eigenvalue weighted by Crippen LogP contribution is -2.50. The predicted octanol–water partition coefficient (Wildman–Crippen LogP) is 3.42. The zero-order valence-corrected chi connectivity index (χ0v) is 15.0. The van der Waals surface area contributed by atoms with E-state index in [9.17, 15) is 9.18 Å². The average molecular weight is 336 g/mol. The number of amides is 1. The number of anilines is 1. The molecule has 1 N–H and O–H groups in total. The van der Waals surface area contributed by atoms with Crippen molar-refractivity contribution in [3.05, 3.63) is 29.6 Å². The monoisotopic (exact) mass is 336 g/mol. The molecule has 1 heterocycles. The molecule has 0 saturated carbocycles. The highest BCUT2D eigenvalue weighted by Crippen LogP contribution is 2.24. The van der Waals surface area contributed by atoms with E-state index in [1.807, 2.05) is 17.9 Å². The lowest BCUT2D eigenvalue weighted by atomic mass is 10.0. The number of benzene rings is 1.